The number of halogens is 1. The Kier molecular flexibility index (Phi) is 6.05. The van der Waals surface area contributed by atoms with Crippen molar-refractivity contribution >= 4 is 44.5 Å². The van der Waals surface area contributed by atoms with E-state index in [2.05, 4.69) is 38.1 Å². The predicted octanol–water partition coefficient (Wildman–Crippen LogP) is 3.53. The minimum absolute atomic E-state index is 0.196. The number of nitrogens with one attached hydrogen (secondary N) is 1. The number of anilines is 2. The number of carbonyl (C=O) groups is 1. The maximum atomic E-state index is 12.6. The summed E-state index contributed by atoms with van der Waals surface area (Å²) in [5.74, 6) is 1.17. The first kappa shape index (κ1) is 19.0. The van der Waals surface area contributed by atoms with Crippen LogP contribution in [0.1, 0.15) is 10.4 Å². The lowest BCUT2D eigenvalue weighted by molar-refractivity contribution is 0.102. The first-order chi connectivity index (χ1) is 12.5. The molecule has 26 heavy (non-hydrogen) atoms. The van der Waals surface area contributed by atoms with Crippen LogP contribution >= 0.6 is 27.3 Å². The second-order valence-electron chi connectivity index (χ2n) is 6.09. The average molecular weight is 440 g/mol. The monoisotopic (exact) mass is 439 g/mol. The van der Waals surface area contributed by atoms with E-state index in [4.69, 9.17) is 9.47 Å². The lowest BCUT2D eigenvalue weighted by Crippen LogP contribution is -2.44. The molecule has 1 amide bonds. The summed E-state index contributed by atoms with van der Waals surface area (Å²) in [5.41, 5.74) is 2.24. The van der Waals surface area contributed by atoms with Crippen LogP contribution in [-0.2, 0) is 0 Å². The van der Waals surface area contributed by atoms with E-state index in [1.165, 1.54) is 11.3 Å². The van der Waals surface area contributed by atoms with Gasteiger partial charge in [0.05, 0.1) is 25.5 Å². The molecule has 140 valence electrons. The van der Waals surface area contributed by atoms with E-state index in [1.54, 1.807) is 19.6 Å². The molecule has 1 N–H and O–H groups in total. The minimum atomic E-state index is -0.196. The van der Waals surface area contributed by atoms with Crippen molar-refractivity contribution in [3.8, 4) is 11.5 Å². The van der Waals surface area contributed by atoms with Gasteiger partial charge in [-0.05, 0) is 41.2 Å². The van der Waals surface area contributed by atoms with Crippen LogP contribution < -0.4 is 19.7 Å². The summed E-state index contributed by atoms with van der Waals surface area (Å²) in [4.78, 5) is 17.2. The van der Waals surface area contributed by atoms with Gasteiger partial charge >= 0.3 is 0 Å². The summed E-state index contributed by atoms with van der Waals surface area (Å²) in [6.07, 6.45) is 0. The third-order valence-electron chi connectivity index (χ3n) is 4.43. The topological polar surface area (TPSA) is 54.0 Å². The van der Waals surface area contributed by atoms with Crippen molar-refractivity contribution < 1.29 is 14.3 Å². The molecule has 0 aliphatic carbocycles. The van der Waals surface area contributed by atoms with Gasteiger partial charge in [0, 0.05) is 37.2 Å². The van der Waals surface area contributed by atoms with E-state index in [9.17, 15) is 4.79 Å². The molecule has 2 aromatic rings. The van der Waals surface area contributed by atoms with Crippen molar-refractivity contribution in [2.24, 2.45) is 0 Å². The van der Waals surface area contributed by atoms with E-state index in [0.717, 1.165) is 47.1 Å². The fraction of sp³-hybridized carbons (Fsp3) is 0.389. The highest BCUT2D eigenvalue weighted by molar-refractivity contribution is 9.11. The number of nitrogens with zero attached hydrogens (tertiary/aromatic N) is 2. The highest BCUT2D eigenvalue weighted by Crippen LogP contribution is 2.36. The van der Waals surface area contributed by atoms with Crippen molar-refractivity contribution in [1.29, 1.82) is 0 Å². The van der Waals surface area contributed by atoms with Gasteiger partial charge in [-0.2, -0.15) is 0 Å². The van der Waals surface area contributed by atoms with E-state index in [0.29, 0.717) is 11.3 Å². The summed E-state index contributed by atoms with van der Waals surface area (Å²) < 4.78 is 11.6. The molecule has 0 radical (unpaired) electrons. The Morgan fingerprint density at radius 1 is 1.19 bits per heavy atom. The molecule has 1 aliphatic rings. The third kappa shape index (κ3) is 3.97. The lowest BCUT2D eigenvalue weighted by Gasteiger charge is -2.34. The van der Waals surface area contributed by atoms with Crippen LogP contribution in [0.25, 0.3) is 0 Å². The Bertz CT molecular complexity index is 788. The average Bonchev–Trinajstić information content (AvgIpc) is 3.03. The Hall–Kier alpha value is -1.77. The van der Waals surface area contributed by atoms with Crippen molar-refractivity contribution in [3.05, 3.63) is 32.9 Å². The van der Waals surface area contributed by atoms with Gasteiger partial charge in [-0.15, -0.1) is 11.3 Å². The Labute approximate surface area is 165 Å². The van der Waals surface area contributed by atoms with Crippen LogP contribution in [0.4, 0.5) is 11.4 Å². The number of methoxy groups -OCH3 is 2. The molecule has 0 spiro atoms. The van der Waals surface area contributed by atoms with E-state index < -0.39 is 0 Å². The molecule has 1 aromatic carbocycles. The van der Waals surface area contributed by atoms with Gasteiger partial charge in [0.15, 0.2) is 5.75 Å². The summed E-state index contributed by atoms with van der Waals surface area (Å²) in [6, 6.07) is 5.71. The van der Waals surface area contributed by atoms with Gasteiger partial charge in [0.2, 0.25) is 0 Å². The highest BCUT2D eigenvalue weighted by atomic mass is 79.9. The fourth-order valence-electron chi connectivity index (χ4n) is 2.93. The molecule has 8 heteroatoms. The molecule has 6 nitrogen and oxygen atoms in total. The smallest absolute Gasteiger partial charge is 0.260 e. The number of ether oxygens (including phenoxy) is 2. The summed E-state index contributed by atoms with van der Waals surface area (Å²) in [7, 11) is 5.35. The zero-order valence-corrected chi connectivity index (χ0v) is 17.4. The predicted molar refractivity (Wildman–Crippen MR) is 109 cm³/mol. The van der Waals surface area contributed by atoms with Crippen LogP contribution in [0.5, 0.6) is 11.5 Å². The molecule has 1 aliphatic heterocycles. The van der Waals surface area contributed by atoms with Crippen LogP contribution in [0.2, 0.25) is 0 Å². The molecule has 2 heterocycles. The van der Waals surface area contributed by atoms with Crippen molar-refractivity contribution in [3.63, 3.8) is 0 Å². The Balaban J connectivity index is 1.82. The second-order valence-corrected chi connectivity index (χ2v) is 8.28. The second kappa shape index (κ2) is 8.28. The Morgan fingerprint density at radius 2 is 1.92 bits per heavy atom. The van der Waals surface area contributed by atoms with Crippen molar-refractivity contribution in [1.82, 2.24) is 4.90 Å². The number of benzene rings is 1. The molecular formula is C18H22BrN3O3S. The SMILES string of the molecule is COc1ccc(NC(=O)c2csc(Br)c2OC)cc1N1CCN(C)CC1. The molecule has 1 fully saturated rings. The van der Waals surface area contributed by atoms with Gasteiger partial charge in [0.1, 0.15) is 9.54 Å². The van der Waals surface area contributed by atoms with Gasteiger partial charge in [-0.3, -0.25) is 4.79 Å². The quantitative estimate of drug-likeness (QED) is 0.771. The number of amides is 1. The van der Waals surface area contributed by atoms with Crippen LogP contribution in [-0.4, -0.2) is 58.3 Å². The summed E-state index contributed by atoms with van der Waals surface area (Å²) >= 11 is 4.83. The fourth-order valence-corrected chi connectivity index (χ4v) is 4.32. The first-order valence-corrected chi connectivity index (χ1v) is 9.94. The number of hydrogen-bond donors (Lipinski definition) is 1. The van der Waals surface area contributed by atoms with Gasteiger partial charge in [-0.25, -0.2) is 0 Å². The third-order valence-corrected chi connectivity index (χ3v) is 6.10. The highest BCUT2D eigenvalue weighted by Gasteiger charge is 2.20. The van der Waals surface area contributed by atoms with E-state index in [-0.39, 0.29) is 5.91 Å². The number of carbonyl (C=O) groups excluding carboxylic acids is 1. The largest absolute Gasteiger partial charge is 0.495 e. The first-order valence-electron chi connectivity index (χ1n) is 8.27. The van der Waals surface area contributed by atoms with Crippen LogP contribution in [0.15, 0.2) is 27.4 Å². The van der Waals surface area contributed by atoms with Gasteiger partial charge in [0.25, 0.3) is 5.91 Å². The zero-order valence-electron chi connectivity index (χ0n) is 15.0. The molecule has 0 bridgehead atoms. The molecule has 3 rings (SSSR count). The molecule has 0 saturated carbocycles. The van der Waals surface area contributed by atoms with Crippen LogP contribution in [0.3, 0.4) is 0 Å². The number of thiophene rings is 1. The standard InChI is InChI=1S/C18H22BrN3O3S/c1-21-6-8-22(9-7-21)14-10-12(4-5-15(14)24-2)20-18(23)13-11-26-17(19)16(13)25-3/h4-5,10-11H,6-9H2,1-3H3,(H,20,23). The normalized spacial score (nSPS) is 15.0. The molecule has 1 saturated heterocycles. The van der Waals surface area contributed by atoms with E-state index in [1.807, 2.05) is 18.2 Å². The van der Waals surface area contributed by atoms with Gasteiger partial charge in [-0.1, -0.05) is 0 Å². The number of hydrogen-bond acceptors (Lipinski definition) is 6. The molecule has 0 unspecified atom stereocenters. The van der Waals surface area contributed by atoms with Gasteiger partial charge < -0.3 is 24.6 Å². The molecule has 0 atom stereocenters. The number of rotatable bonds is 5. The minimum Gasteiger partial charge on any atom is -0.495 e. The Morgan fingerprint density at radius 3 is 2.58 bits per heavy atom. The summed E-state index contributed by atoms with van der Waals surface area (Å²) in [6.45, 7) is 3.85. The number of piperazine rings is 1. The summed E-state index contributed by atoms with van der Waals surface area (Å²) in [5, 5.41) is 4.74. The van der Waals surface area contributed by atoms with Crippen LogP contribution in [0, 0.1) is 0 Å². The van der Waals surface area contributed by atoms with Crippen molar-refractivity contribution in [2.45, 2.75) is 0 Å². The zero-order chi connectivity index (χ0) is 18.7. The maximum Gasteiger partial charge on any atom is 0.260 e. The lowest BCUT2D eigenvalue weighted by atomic mass is 10.2. The number of likely N-dealkylation sites (N-methyl/N-ethyl adjacent to an activating group) is 1. The van der Waals surface area contributed by atoms with Crippen molar-refractivity contribution in [2.75, 3.05) is 57.7 Å². The van der Waals surface area contributed by atoms with E-state index >= 15 is 0 Å². The maximum absolute atomic E-state index is 12.6. The molecule has 1 aromatic heterocycles. The molecular weight excluding hydrogens is 418 g/mol.